The minimum absolute atomic E-state index is 0.229. The Morgan fingerprint density at radius 2 is 1.95 bits per heavy atom. The van der Waals surface area contributed by atoms with E-state index in [0.29, 0.717) is 18.8 Å². The number of ether oxygens (including phenoxy) is 2. The van der Waals surface area contributed by atoms with Crippen molar-refractivity contribution in [3.8, 4) is 11.5 Å². The number of nitrogens with two attached hydrogens (primary N) is 1. The molecule has 192 valence electrons. The highest BCUT2D eigenvalue weighted by atomic mass is 35.5. The molecule has 2 heterocycles. The van der Waals surface area contributed by atoms with E-state index in [2.05, 4.69) is 18.8 Å². The van der Waals surface area contributed by atoms with Gasteiger partial charge >= 0.3 is 0 Å². The molecule has 0 saturated carbocycles. The number of quaternary nitrogens is 1. The first-order valence-electron chi connectivity index (χ1n) is 12.5. The lowest BCUT2D eigenvalue weighted by Crippen LogP contribution is -2.95. The Morgan fingerprint density at radius 1 is 1.16 bits per heavy atom. The van der Waals surface area contributed by atoms with Crippen molar-refractivity contribution in [3.63, 3.8) is 0 Å². The van der Waals surface area contributed by atoms with Crippen LogP contribution in [0.15, 0.2) is 54.6 Å². The lowest BCUT2D eigenvalue weighted by atomic mass is 9.89. The molecule has 4 aromatic rings. The van der Waals surface area contributed by atoms with E-state index in [9.17, 15) is 9.90 Å². The number of para-hydroxylation sites is 1. The molecule has 0 spiro atoms. The molecule has 37 heavy (non-hydrogen) atoms. The smallest absolute Gasteiger partial charge is 0.153 e. The third-order valence-corrected chi connectivity index (χ3v) is 7.68. The number of aliphatic carboxylic acids is 1. The average Bonchev–Trinajstić information content (AvgIpc) is 3.27. The van der Waals surface area contributed by atoms with Gasteiger partial charge in [0.05, 0.1) is 18.8 Å². The molecule has 1 aromatic heterocycles. The number of benzene rings is 3. The molecule has 6 nitrogen and oxygen atoms in total. The molecule has 0 saturated heterocycles. The Bertz CT molecular complexity index is 1480. The van der Waals surface area contributed by atoms with Gasteiger partial charge < -0.3 is 29.7 Å². The van der Waals surface area contributed by atoms with E-state index in [1.54, 1.807) is 7.11 Å². The van der Waals surface area contributed by atoms with Gasteiger partial charge in [-0.15, -0.1) is 0 Å². The third-order valence-electron chi connectivity index (χ3n) is 7.27. The van der Waals surface area contributed by atoms with Gasteiger partial charge in [-0.3, -0.25) is 0 Å². The molecule has 0 unspecified atom stereocenters. The normalized spacial score (nSPS) is 17.1. The molecule has 0 fully saturated rings. The number of aryl methyl sites for hydroxylation is 1. The second-order valence-electron chi connectivity index (χ2n) is 10.0. The fraction of sp³-hybridized carbons (Fsp3) is 0.300. The Labute approximate surface area is 221 Å². The van der Waals surface area contributed by atoms with Gasteiger partial charge in [-0.1, -0.05) is 43.6 Å². The van der Waals surface area contributed by atoms with Gasteiger partial charge in [0.15, 0.2) is 6.04 Å². The Hall–Kier alpha value is -3.48. The number of aromatic amines is 1. The minimum atomic E-state index is -1.06. The summed E-state index contributed by atoms with van der Waals surface area (Å²) in [6, 6.07) is 17.0. The van der Waals surface area contributed by atoms with Crippen molar-refractivity contribution in [1.29, 1.82) is 0 Å². The number of halogens is 1. The van der Waals surface area contributed by atoms with Crippen LogP contribution in [0, 0.1) is 6.92 Å². The zero-order chi connectivity index (χ0) is 26.3. The van der Waals surface area contributed by atoms with Crippen LogP contribution in [-0.2, 0) is 17.8 Å². The van der Waals surface area contributed by atoms with Gasteiger partial charge in [0.1, 0.15) is 24.1 Å². The number of methoxy groups -OCH3 is 1. The lowest BCUT2D eigenvalue weighted by Gasteiger charge is -2.29. The van der Waals surface area contributed by atoms with Crippen LogP contribution in [0.5, 0.6) is 11.5 Å². The summed E-state index contributed by atoms with van der Waals surface area (Å²) < 4.78 is 12.0. The Morgan fingerprint density at radius 3 is 2.68 bits per heavy atom. The first-order chi connectivity index (χ1) is 17.8. The lowest BCUT2D eigenvalue weighted by molar-refractivity contribution is -0.717. The molecule has 2 atom stereocenters. The zero-order valence-electron chi connectivity index (χ0n) is 21.4. The highest BCUT2D eigenvalue weighted by molar-refractivity contribution is 6.31. The minimum Gasteiger partial charge on any atom is -0.544 e. The largest absolute Gasteiger partial charge is 0.544 e. The van der Waals surface area contributed by atoms with Crippen LogP contribution in [0.2, 0.25) is 5.02 Å². The van der Waals surface area contributed by atoms with Crippen LogP contribution in [0.4, 0.5) is 0 Å². The predicted octanol–water partition coefficient (Wildman–Crippen LogP) is 4.17. The summed E-state index contributed by atoms with van der Waals surface area (Å²) in [5.41, 5.74) is 6.90. The maximum absolute atomic E-state index is 12.0. The quantitative estimate of drug-likeness (QED) is 0.384. The highest BCUT2D eigenvalue weighted by Gasteiger charge is 2.35. The SMILES string of the molecule is COc1ccc([C@H]2[NH2+][C@@H](C(=O)[O-])Cc3c2[nH]c2ccccc32)cc1COc1cc(C)c(Cl)cc1C(C)C. The Kier molecular flexibility index (Phi) is 6.88. The highest BCUT2D eigenvalue weighted by Crippen LogP contribution is 2.35. The van der Waals surface area contributed by atoms with Crippen molar-refractivity contribution in [2.45, 2.75) is 51.8 Å². The number of carbonyl (C=O) groups excluding carboxylic acids is 1. The molecule has 0 amide bonds. The van der Waals surface area contributed by atoms with Crippen LogP contribution in [-0.4, -0.2) is 24.1 Å². The van der Waals surface area contributed by atoms with E-state index < -0.39 is 12.0 Å². The molecular formula is C30H31ClN2O4. The number of H-pyrrole nitrogens is 1. The summed E-state index contributed by atoms with van der Waals surface area (Å²) in [7, 11) is 1.64. The monoisotopic (exact) mass is 518 g/mol. The second kappa shape index (κ2) is 10.1. The Balaban J connectivity index is 1.52. The molecular weight excluding hydrogens is 488 g/mol. The summed E-state index contributed by atoms with van der Waals surface area (Å²) in [5, 5.41) is 15.6. The average molecular weight is 519 g/mol. The molecule has 1 aliphatic heterocycles. The first kappa shape index (κ1) is 25.2. The van der Waals surface area contributed by atoms with E-state index in [4.69, 9.17) is 21.1 Å². The third kappa shape index (κ3) is 4.79. The summed E-state index contributed by atoms with van der Waals surface area (Å²) in [5.74, 6) is 0.700. The van der Waals surface area contributed by atoms with Gasteiger partial charge in [-0.25, -0.2) is 0 Å². The van der Waals surface area contributed by atoms with Crippen LogP contribution in [0.3, 0.4) is 0 Å². The number of carboxylic acids is 1. The van der Waals surface area contributed by atoms with Crippen molar-refractivity contribution in [3.05, 3.63) is 93.1 Å². The van der Waals surface area contributed by atoms with Crippen LogP contribution < -0.4 is 19.9 Å². The standard InChI is InChI=1S/C30H31ClN2O4/c1-16(2)21-13-23(31)17(3)11-27(21)37-15-19-12-18(9-10-26(19)36-4)28-29-22(14-25(33-28)30(34)35)20-7-5-6-8-24(20)32-29/h5-13,16,25,28,32-33H,14-15H2,1-4H3,(H,34,35)/t25-,28-/m1/s1. The predicted molar refractivity (Wildman–Crippen MR) is 142 cm³/mol. The fourth-order valence-corrected chi connectivity index (χ4v) is 5.44. The number of nitrogens with one attached hydrogen (secondary N) is 1. The van der Waals surface area contributed by atoms with E-state index in [1.165, 1.54) is 0 Å². The zero-order valence-corrected chi connectivity index (χ0v) is 22.2. The summed E-state index contributed by atoms with van der Waals surface area (Å²) in [4.78, 5) is 15.5. The molecule has 0 aliphatic carbocycles. The number of carboxylic acid groups (broad SMARTS) is 1. The second-order valence-corrected chi connectivity index (χ2v) is 10.4. The topological polar surface area (TPSA) is 91.0 Å². The molecule has 0 radical (unpaired) electrons. The van der Waals surface area contributed by atoms with Gasteiger partial charge in [0.25, 0.3) is 0 Å². The molecule has 3 N–H and O–H groups in total. The van der Waals surface area contributed by atoms with Crippen LogP contribution in [0.25, 0.3) is 10.9 Å². The van der Waals surface area contributed by atoms with E-state index >= 15 is 0 Å². The molecule has 1 aliphatic rings. The molecule has 7 heteroatoms. The summed E-state index contributed by atoms with van der Waals surface area (Å²) >= 11 is 6.38. The number of rotatable bonds is 7. The van der Waals surface area contributed by atoms with Gasteiger partial charge in [-0.05, 0) is 65.9 Å². The maximum Gasteiger partial charge on any atom is 0.153 e. The van der Waals surface area contributed by atoms with Crippen LogP contribution >= 0.6 is 11.6 Å². The summed E-state index contributed by atoms with van der Waals surface area (Å²) in [6.45, 7) is 6.48. The van der Waals surface area contributed by atoms with Crippen molar-refractivity contribution < 1.29 is 24.7 Å². The maximum atomic E-state index is 12.0. The molecule has 0 bridgehead atoms. The van der Waals surface area contributed by atoms with Crippen molar-refractivity contribution in [2.24, 2.45) is 0 Å². The van der Waals surface area contributed by atoms with Gasteiger partial charge in [-0.2, -0.15) is 0 Å². The number of carbonyl (C=O) groups is 1. The number of aromatic nitrogens is 1. The van der Waals surface area contributed by atoms with E-state index in [1.807, 2.05) is 66.8 Å². The van der Waals surface area contributed by atoms with Crippen molar-refractivity contribution >= 4 is 28.5 Å². The summed E-state index contributed by atoms with van der Waals surface area (Å²) in [6.07, 6.45) is 0.415. The van der Waals surface area contributed by atoms with Gasteiger partial charge in [0, 0.05) is 33.5 Å². The van der Waals surface area contributed by atoms with Gasteiger partial charge in [0.2, 0.25) is 0 Å². The molecule has 5 rings (SSSR count). The van der Waals surface area contributed by atoms with E-state index in [0.717, 1.165) is 55.2 Å². The van der Waals surface area contributed by atoms with Crippen molar-refractivity contribution in [1.82, 2.24) is 4.98 Å². The number of hydrogen-bond donors (Lipinski definition) is 2. The number of fused-ring (bicyclic) bond motifs is 3. The van der Waals surface area contributed by atoms with Crippen molar-refractivity contribution in [2.75, 3.05) is 7.11 Å². The van der Waals surface area contributed by atoms with E-state index in [-0.39, 0.29) is 12.0 Å². The van der Waals surface area contributed by atoms with Crippen LogP contribution in [0.1, 0.15) is 59.3 Å². The fourth-order valence-electron chi connectivity index (χ4n) is 5.27. The number of hydrogen-bond acceptors (Lipinski definition) is 4. The first-order valence-corrected chi connectivity index (χ1v) is 12.9. The molecule has 3 aromatic carbocycles.